The molecule has 1 atom stereocenters. The number of nitrogens with zero attached hydrogens (tertiary/aromatic N) is 1. The van der Waals surface area contributed by atoms with Crippen LogP contribution in [0.4, 0.5) is 13.2 Å². The maximum absolute atomic E-state index is 12.6. The Hall–Kier alpha value is -1.07. The molecular formula is C15H23F3N2. The van der Waals surface area contributed by atoms with E-state index in [1.54, 1.807) is 0 Å². The summed E-state index contributed by atoms with van der Waals surface area (Å²) in [4.78, 5) is 2.06. The molecular weight excluding hydrogens is 265 g/mol. The molecule has 0 aliphatic heterocycles. The smallest absolute Gasteiger partial charge is 0.322 e. The molecule has 114 valence electrons. The van der Waals surface area contributed by atoms with Gasteiger partial charge in [0.15, 0.2) is 0 Å². The quantitative estimate of drug-likeness (QED) is 0.892. The summed E-state index contributed by atoms with van der Waals surface area (Å²) in [5.41, 5.74) is 6.17. The molecule has 0 saturated heterocycles. The molecule has 0 bridgehead atoms. The van der Waals surface area contributed by atoms with E-state index in [0.717, 1.165) is 30.5 Å². The van der Waals surface area contributed by atoms with Gasteiger partial charge in [0.1, 0.15) is 0 Å². The van der Waals surface area contributed by atoms with Crippen LogP contribution >= 0.6 is 0 Å². The maximum Gasteiger partial charge on any atom is 0.416 e. The van der Waals surface area contributed by atoms with Crippen LogP contribution in [0.15, 0.2) is 24.3 Å². The van der Waals surface area contributed by atoms with Crippen molar-refractivity contribution in [3.8, 4) is 0 Å². The number of hydrogen-bond acceptors (Lipinski definition) is 2. The van der Waals surface area contributed by atoms with Crippen LogP contribution < -0.4 is 5.73 Å². The molecule has 0 radical (unpaired) electrons. The largest absolute Gasteiger partial charge is 0.416 e. The Kier molecular flexibility index (Phi) is 5.21. The predicted octanol–water partition coefficient (Wildman–Crippen LogP) is 3.83. The van der Waals surface area contributed by atoms with Gasteiger partial charge in [0.25, 0.3) is 0 Å². The van der Waals surface area contributed by atoms with Crippen molar-refractivity contribution >= 4 is 0 Å². The van der Waals surface area contributed by atoms with Crippen LogP contribution in [0.1, 0.15) is 43.9 Å². The zero-order valence-corrected chi connectivity index (χ0v) is 12.5. The molecule has 0 aliphatic rings. The third kappa shape index (κ3) is 3.15. The van der Waals surface area contributed by atoms with Gasteiger partial charge in [-0.25, -0.2) is 0 Å². The summed E-state index contributed by atoms with van der Waals surface area (Å²) in [7, 11) is 3.91. The molecule has 2 N–H and O–H groups in total. The number of likely N-dealkylation sites (N-methyl/N-ethyl adjacent to an activating group) is 1. The van der Waals surface area contributed by atoms with E-state index in [2.05, 4.69) is 4.90 Å². The van der Waals surface area contributed by atoms with Crippen molar-refractivity contribution in [2.75, 3.05) is 14.1 Å². The molecule has 1 unspecified atom stereocenters. The lowest BCUT2D eigenvalue weighted by molar-refractivity contribution is -0.137. The number of halogens is 3. The Morgan fingerprint density at radius 3 is 1.80 bits per heavy atom. The first-order valence-corrected chi connectivity index (χ1v) is 6.79. The second-order valence-corrected chi connectivity index (χ2v) is 5.30. The molecule has 0 saturated carbocycles. The molecule has 0 aliphatic carbocycles. The monoisotopic (exact) mass is 288 g/mol. The summed E-state index contributed by atoms with van der Waals surface area (Å²) >= 11 is 0. The van der Waals surface area contributed by atoms with Crippen LogP contribution in [0, 0.1) is 0 Å². The van der Waals surface area contributed by atoms with Gasteiger partial charge in [-0.05, 0) is 44.6 Å². The summed E-state index contributed by atoms with van der Waals surface area (Å²) in [6.07, 6.45) is -2.64. The highest BCUT2D eigenvalue weighted by Gasteiger charge is 2.37. The van der Waals surface area contributed by atoms with E-state index in [1.165, 1.54) is 12.1 Å². The van der Waals surface area contributed by atoms with Gasteiger partial charge in [0.2, 0.25) is 0 Å². The Morgan fingerprint density at radius 2 is 1.50 bits per heavy atom. The van der Waals surface area contributed by atoms with Crippen molar-refractivity contribution < 1.29 is 13.2 Å². The standard InChI is InChI=1S/C15H23F3N2/c1-5-14(6-2,20(3)4)13(19)11-7-9-12(10-8-11)15(16,17)18/h7-10,13H,5-6,19H2,1-4H3. The summed E-state index contributed by atoms with van der Waals surface area (Å²) in [5.74, 6) is 0. The van der Waals surface area contributed by atoms with E-state index in [4.69, 9.17) is 5.73 Å². The van der Waals surface area contributed by atoms with Crippen LogP contribution in [0.25, 0.3) is 0 Å². The minimum atomic E-state index is -4.31. The fourth-order valence-electron chi connectivity index (χ4n) is 2.79. The summed E-state index contributed by atoms with van der Waals surface area (Å²) in [5, 5.41) is 0. The minimum Gasteiger partial charge on any atom is -0.322 e. The van der Waals surface area contributed by atoms with E-state index in [0.29, 0.717) is 0 Å². The van der Waals surface area contributed by atoms with Crippen LogP contribution in [-0.4, -0.2) is 24.5 Å². The van der Waals surface area contributed by atoms with Crippen molar-refractivity contribution in [1.82, 2.24) is 4.90 Å². The Labute approximate surface area is 118 Å². The Bertz CT molecular complexity index is 420. The first-order valence-electron chi connectivity index (χ1n) is 6.79. The van der Waals surface area contributed by atoms with E-state index >= 15 is 0 Å². The third-order valence-corrected chi connectivity index (χ3v) is 4.29. The average Bonchev–Trinajstić information content (AvgIpc) is 2.39. The fourth-order valence-corrected chi connectivity index (χ4v) is 2.79. The number of alkyl halides is 3. The molecule has 0 heterocycles. The van der Waals surface area contributed by atoms with E-state index in [9.17, 15) is 13.2 Å². The molecule has 2 nitrogen and oxygen atoms in total. The number of hydrogen-bond donors (Lipinski definition) is 1. The molecule has 5 heteroatoms. The first-order chi connectivity index (χ1) is 9.19. The van der Waals surface area contributed by atoms with Gasteiger partial charge in [-0.1, -0.05) is 26.0 Å². The van der Waals surface area contributed by atoms with Gasteiger partial charge in [-0.15, -0.1) is 0 Å². The van der Waals surface area contributed by atoms with Gasteiger partial charge >= 0.3 is 6.18 Å². The molecule has 0 amide bonds. The van der Waals surface area contributed by atoms with E-state index in [-0.39, 0.29) is 11.6 Å². The van der Waals surface area contributed by atoms with Crippen LogP contribution in [-0.2, 0) is 6.18 Å². The molecule has 0 aromatic heterocycles. The van der Waals surface area contributed by atoms with Crippen molar-refractivity contribution in [1.29, 1.82) is 0 Å². The average molecular weight is 288 g/mol. The van der Waals surface area contributed by atoms with Gasteiger partial charge in [-0.3, -0.25) is 0 Å². The lowest BCUT2D eigenvalue weighted by atomic mass is 9.80. The number of rotatable bonds is 5. The SMILES string of the molecule is CCC(CC)(C(N)c1ccc(C(F)(F)F)cc1)N(C)C. The zero-order chi connectivity index (χ0) is 15.6. The predicted molar refractivity (Wildman–Crippen MR) is 75.4 cm³/mol. The highest BCUT2D eigenvalue weighted by molar-refractivity contribution is 5.29. The highest BCUT2D eigenvalue weighted by Crippen LogP contribution is 2.35. The Balaban J connectivity index is 3.11. The van der Waals surface area contributed by atoms with Gasteiger partial charge in [0, 0.05) is 11.6 Å². The molecule has 0 spiro atoms. The number of benzene rings is 1. The lowest BCUT2D eigenvalue weighted by Crippen LogP contribution is -2.51. The topological polar surface area (TPSA) is 29.3 Å². The van der Waals surface area contributed by atoms with Crippen LogP contribution in [0.5, 0.6) is 0 Å². The summed E-state index contributed by atoms with van der Waals surface area (Å²) < 4.78 is 37.7. The maximum atomic E-state index is 12.6. The molecule has 0 fully saturated rings. The summed E-state index contributed by atoms with van der Waals surface area (Å²) in [6, 6.07) is 4.84. The number of nitrogens with two attached hydrogens (primary N) is 1. The highest BCUT2D eigenvalue weighted by atomic mass is 19.4. The van der Waals surface area contributed by atoms with Crippen molar-refractivity contribution in [3.05, 3.63) is 35.4 Å². The molecule has 1 aromatic carbocycles. The summed E-state index contributed by atoms with van der Waals surface area (Å²) in [6.45, 7) is 4.10. The normalized spacial score (nSPS) is 14.7. The van der Waals surface area contributed by atoms with Crippen molar-refractivity contribution in [3.63, 3.8) is 0 Å². The second-order valence-electron chi connectivity index (χ2n) is 5.30. The molecule has 1 rings (SSSR count). The van der Waals surface area contributed by atoms with Crippen LogP contribution in [0.2, 0.25) is 0 Å². The van der Waals surface area contributed by atoms with E-state index < -0.39 is 11.7 Å². The first kappa shape index (κ1) is 17.0. The second kappa shape index (κ2) is 6.14. The lowest BCUT2D eigenvalue weighted by Gasteiger charge is -2.43. The van der Waals surface area contributed by atoms with Crippen LogP contribution in [0.3, 0.4) is 0 Å². The van der Waals surface area contributed by atoms with E-state index in [1.807, 2.05) is 27.9 Å². The molecule has 20 heavy (non-hydrogen) atoms. The third-order valence-electron chi connectivity index (χ3n) is 4.29. The van der Waals surface area contributed by atoms with Gasteiger partial charge < -0.3 is 10.6 Å². The minimum absolute atomic E-state index is 0.250. The van der Waals surface area contributed by atoms with Crippen molar-refractivity contribution in [2.45, 2.75) is 44.4 Å². The van der Waals surface area contributed by atoms with Crippen molar-refractivity contribution in [2.24, 2.45) is 5.73 Å². The Morgan fingerprint density at radius 1 is 1.05 bits per heavy atom. The fraction of sp³-hybridized carbons (Fsp3) is 0.600. The van der Waals surface area contributed by atoms with Gasteiger partial charge in [0.05, 0.1) is 5.56 Å². The molecule has 1 aromatic rings. The zero-order valence-electron chi connectivity index (χ0n) is 12.5. The van der Waals surface area contributed by atoms with Gasteiger partial charge in [-0.2, -0.15) is 13.2 Å².